The fourth-order valence-corrected chi connectivity index (χ4v) is 3.34. The van der Waals surface area contributed by atoms with Crippen molar-refractivity contribution in [2.45, 2.75) is 26.4 Å². The number of ether oxygens (including phenoxy) is 1. The molecule has 0 aromatic heterocycles. The third kappa shape index (κ3) is 5.77. The molecule has 2 aromatic rings. The summed E-state index contributed by atoms with van der Waals surface area (Å²) in [6.07, 6.45) is 3.41. The van der Waals surface area contributed by atoms with Crippen molar-refractivity contribution in [2.24, 2.45) is 4.99 Å². The molecule has 1 heterocycles. The lowest BCUT2D eigenvalue weighted by Crippen LogP contribution is -2.27. The minimum absolute atomic E-state index is 0.491. The van der Waals surface area contributed by atoms with Crippen LogP contribution in [0.4, 0.5) is 16.2 Å². The van der Waals surface area contributed by atoms with Gasteiger partial charge in [-0.15, -0.1) is 0 Å². The zero-order chi connectivity index (χ0) is 21.9. The number of hydrogen-bond donors (Lipinski definition) is 1. The zero-order valence-electron chi connectivity index (χ0n) is 17.5. The molecule has 0 aliphatic carbocycles. The number of rotatable bonds is 3. The second-order valence-corrected chi connectivity index (χ2v) is 8.87. The van der Waals surface area contributed by atoms with Crippen molar-refractivity contribution in [3.8, 4) is 0 Å². The van der Waals surface area contributed by atoms with Gasteiger partial charge < -0.3 is 9.64 Å². The van der Waals surface area contributed by atoms with Crippen molar-refractivity contribution < 1.29 is 9.53 Å². The van der Waals surface area contributed by atoms with E-state index in [1.54, 1.807) is 6.07 Å². The van der Waals surface area contributed by atoms with Gasteiger partial charge in [0.15, 0.2) is 0 Å². The minimum atomic E-state index is -0.564. The maximum Gasteiger partial charge on any atom is 0.412 e. The molecule has 0 saturated carbocycles. The van der Waals surface area contributed by atoms with E-state index in [1.165, 1.54) is 0 Å². The predicted molar refractivity (Wildman–Crippen MR) is 126 cm³/mol. The van der Waals surface area contributed by atoms with Gasteiger partial charge in [-0.25, -0.2) is 4.79 Å². The Hall–Kier alpha value is -2.50. The van der Waals surface area contributed by atoms with E-state index in [0.29, 0.717) is 22.3 Å². The topological polar surface area (TPSA) is 53.9 Å². The van der Waals surface area contributed by atoms with E-state index < -0.39 is 11.7 Å². The van der Waals surface area contributed by atoms with Crippen LogP contribution in [0.25, 0.3) is 6.08 Å². The van der Waals surface area contributed by atoms with E-state index in [1.807, 2.05) is 70.3 Å². The second kappa shape index (κ2) is 9.11. The number of anilines is 2. The highest BCUT2D eigenvalue weighted by molar-refractivity contribution is 6.42. The van der Waals surface area contributed by atoms with Gasteiger partial charge in [0.2, 0.25) is 0 Å². The lowest BCUT2D eigenvalue weighted by molar-refractivity contribution is 0.0636. The van der Waals surface area contributed by atoms with Gasteiger partial charge in [-0.2, -0.15) is 0 Å². The van der Waals surface area contributed by atoms with Crippen LogP contribution in [0.2, 0.25) is 10.0 Å². The summed E-state index contributed by atoms with van der Waals surface area (Å²) in [5.41, 5.74) is 3.81. The number of allylic oxidation sites excluding steroid dienone is 1. The number of carbonyl (C=O) groups excluding carboxylic acids is 1. The average molecular weight is 446 g/mol. The fourth-order valence-electron chi connectivity index (χ4n) is 3.03. The molecule has 3 rings (SSSR count). The zero-order valence-corrected chi connectivity index (χ0v) is 19.0. The van der Waals surface area contributed by atoms with Gasteiger partial charge in [0, 0.05) is 30.5 Å². The fraction of sp³-hybridized carbons (Fsp3) is 0.304. The number of amides is 1. The Labute approximate surface area is 187 Å². The van der Waals surface area contributed by atoms with Crippen LogP contribution in [0.3, 0.4) is 0 Å². The van der Waals surface area contributed by atoms with E-state index in [9.17, 15) is 4.79 Å². The van der Waals surface area contributed by atoms with Crippen molar-refractivity contribution >= 4 is 52.5 Å². The standard InChI is InChI=1S/C23H25Cl2N3O2/c1-23(2,3)30-22(29)27-16-7-10-21-17(14-16)20(26-11-12-28(21)4)9-6-15-5-8-18(24)19(25)13-15/h5-10,13-14H,11-12H2,1-4H3,(H,27,29). The minimum Gasteiger partial charge on any atom is -0.444 e. The first-order chi connectivity index (χ1) is 14.1. The quantitative estimate of drug-likeness (QED) is 0.603. The predicted octanol–water partition coefficient (Wildman–Crippen LogP) is 6.29. The Morgan fingerprint density at radius 3 is 2.60 bits per heavy atom. The molecule has 0 spiro atoms. The molecule has 0 fully saturated rings. The number of benzodiazepines with no additional fused rings is 1. The molecule has 0 atom stereocenters. The number of nitrogens with zero attached hydrogens (tertiary/aromatic N) is 2. The molecule has 0 unspecified atom stereocenters. The van der Waals surface area contributed by atoms with E-state index in [4.69, 9.17) is 32.9 Å². The molecule has 5 nitrogen and oxygen atoms in total. The second-order valence-electron chi connectivity index (χ2n) is 8.05. The van der Waals surface area contributed by atoms with E-state index in [-0.39, 0.29) is 0 Å². The summed E-state index contributed by atoms with van der Waals surface area (Å²) in [7, 11) is 2.03. The Kier molecular flexibility index (Phi) is 6.74. The average Bonchev–Trinajstić information content (AvgIpc) is 2.80. The molecule has 30 heavy (non-hydrogen) atoms. The van der Waals surface area contributed by atoms with Crippen LogP contribution in [-0.2, 0) is 4.74 Å². The SMILES string of the molecule is CN1CCN=C(C=Cc2ccc(Cl)c(Cl)c2)c2cc(NC(=O)OC(C)(C)C)ccc21. The molecule has 0 bridgehead atoms. The van der Waals surface area contributed by atoms with Crippen LogP contribution >= 0.6 is 23.2 Å². The van der Waals surface area contributed by atoms with Crippen molar-refractivity contribution in [3.63, 3.8) is 0 Å². The highest BCUT2D eigenvalue weighted by Gasteiger charge is 2.19. The molecule has 0 saturated heterocycles. The number of hydrogen-bond acceptors (Lipinski definition) is 4. The van der Waals surface area contributed by atoms with Gasteiger partial charge in [0.25, 0.3) is 0 Å². The van der Waals surface area contributed by atoms with Gasteiger partial charge in [-0.1, -0.05) is 35.3 Å². The number of carbonyl (C=O) groups is 1. The van der Waals surface area contributed by atoms with Gasteiger partial charge >= 0.3 is 6.09 Å². The molecule has 1 aliphatic rings. The summed E-state index contributed by atoms with van der Waals surface area (Å²) in [6.45, 7) is 6.96. The molecule has 0 radical (unpaired) electrons. The smallest absolute Gasteiger partial charge is 0.412 e. The van der Waals surface area contributed by atoms with E-state index >= 15 is 0 Å². The van der Waals surface area contributed by atoms with Gasteiger partial charge in [0.1, 0.15) is 5.60 Å². The third-order valence-corrected chi connectivity index (χ3v) is 5.16. The number of aliphatic imine (C=N–C) groups is 1. The highest BCUT2D eigenvalue weighted by Crippen LogP contribution is 2.28. The monoisotopic (exact) mass is 445 g/mol. The summed E-state index contributed by atoms with van der Waals surface area (Å²) >= 11 is 12.1. The van der Waals surface area contributed by atoms with Gasteiger partial charge in [0.05, 0.1) is 22.3 Å². The third-order valence-electron chi connectivity index (χ3n) is 4.42. The first-order valence-electron chi connectivity index (χ1n) is 9.65. The van der Waals surface area contributed by atoms with Crippen molar-refractivity contribution in [1.29, 1.82) is 0 Å². The Morgan fingerprint density at radius 1 is 1.13 bits per heavy atom. The Balaban J connectivity index is 1.90. The lowest BCUT2D eigenvalue weighted by Gasteiger charge is -2.21. The number of likely N-dealkylation sites (N-methyl/N-ethyl adjacent to an activating group) is 1. The maximum atomic E-state index is 12.2. The molecule has 1 amide bonds. The molecular formula is C23H25Cl2N3O2. The van der Waals surface area contributed by atoms with E-state index in [0.717, 1.165) is 29.1 Å². The largest absolute Gasteiger partial charge is 0.444 e. The molecular weight excluding hydrogens is 421 g/mol. The first kappa shape index (κ1) is 22.2. The molecule has 7 heteroatoms. The Morgan fingerprint density at radius 2 is 1.90 bits per heavy atom. The van der Waals surface area contributed by atoms with Gasteiger partial charge in [-0.05, 0) is 62.7 Å². The van der Waals surface area contributed by atoms with Crippen LogP contribution in [0, 0.1) is 0 Å². The van der Waals surface area contributed by atoms with Crippen LogP contribution < -0.4 is 10.2 Å². The van der Waals surface area contributed by atoms with Crippen LogP contribution in [0.1, 0.15) is 31.9 Å². The molecule has 1 aliphatic heterocycles. The normalized spacial score (nSPS) is 14.2. The number of benzene rings is 2. The van der Waals surface area contributed by atoms with Crippen molar-refractivity contribution in [3.05, 3.63) is 63.6 Å². The van der Waals surface area contributed by atoms with Crippen LogP contribution in [0.5, 0.6) is 0 Å². The lowest BCUT2D eigenvalue weighted by atomic mass is 10.0. The maximum absolute atomic E-state index is 12.2. The molecule has 158 valence electrons. The van der Waals surface area contributed by atoms with Crippen molar-refractivity contribution in [2.75, 3.05) is 30.4 Å². The molecule has 2 aromatic carbocycles. The van der Waals surface area contributed by atoms with E-state index in [2.05, 4.69) is 10.2 Å². The number of nitrogens with one attached hydrogen (secondary N) is 1. The highest BCUT2D eigenvalue weighted by atomic mass is 35.5. The van der Waals surface area contributed by atoms with Gasteiger partial charge in [-0.3, -0.25) is 10.3 Å². The molecule has 1 N–H and O–H groups in total. The summed E-state index contributed by atoms with van der Waals surface area (Å²) in [5, 5.41) is 3.83. The number of halogens is 2. The van der Waals surface area contributed by atoms with Crippen LogP contribution in [-0.4, -0.2) is 37.5 Å². The summed E-state index contributed by atoms with van der Waals surface area (Å²) < 4.78 is 5.36. The summed E-state index contributed by atoms with van der Waals surface area (Å²) in [6, 6.07) is 11.2. The summed E-state index contributed by atoms with van der Waals surface area (Å²) in [5.74, 6) is 0. The van der Waals surface area contributed by atoms with Crippen molar-refractivity contribution in [1.82, 2.24) is 0 Å². The Bertz CT molecular complexity index is 1010. The summed E-state index contributed by atoms with van der Waals surface area (Å²) in [4.78, 5) is 19.1. The van der Waals surface area contributed by atoms with Crippen LogP contribution in [0.15, 0.2) is 47.5 Å². The first-order valence-corrected chi connectivity index (χ1v) is 10.4. The number of fused-ring (bicyclic) bond motifs is 1.